The number of fused-ring (bicyclic) bond motifs is 1. The zero-order chi connectivity index (χ0) is 15.8. The first kappa shape index (κ1) is 14.9. The minimum atomic E-state index is 0.144. The van der Waals surface area contributed by atoms with E-state index in [0.29, 0.717) is 11.8 Å². The number of hydrogen-bond acceptors (Lipinski definition) is 5. The second-order valence-corrected chi connectivity index (χ2v) is 7.49. The highest BCUT2D eigenvalue weighted by molar-refractivity contribution is 7.22. The molecule has 1 unspecified atom stereocenters. The molecule has 2 aliphatic rings. The predicted octanol–water partition coefficient (Wildman–Crippen LogP) is 1.80. The van der Waals surface area contributed by atoms with Crippen LogP contribution in [0.5, 0.6) is 0 Å². The molecule has 23 heavy (non-hydrogen) atoms. The molecule has 2 aromatic rings. The van der Waals surface area contributed by atoms with E-state index in [1.165, 1.54) is 4.70 Å². The van der Waals surface area contributed by atoms with Crippen molar-refractivity contribution >= 4 is 32.6 Å². The molecule has 1 amide bonds. The van der Waals surface area contributed by atoms with Crippen molar-refractivity contribution in [2.24, 2.45) is 11.8 Å². The van der Waals surface area contributed by atoms with Crippen LogP contribution < -0.4 is 10.2 Å². The van der Waals surface area contributed by atoms with E-state index in [9.17, 15) is 4.79 Å². The Bertz CT molecular complexity index is 670. The summed E-state index contributed by atoms with van der Waals surface area (Å²) in [6.07, 6.45) is 0. The van der Waals surface area contributed by atoms with Crippen LogP contribution in [0.4, 0.5) is 5.13 Å². The highest BCUT2D eigenvalue weighted by Gasteiger charge is 2.33. The third kappa shape index (κ3) is 2.81. The average molecular weight is 330 g/mol. The van der Waals surface area contributed by atoms with Crippen LogP contribution in [0.2, 0.25) is 0 Å². The first-order chi connectivity index (χ1) is 11.2. The van der Waals surface area contributed by atoms with Gasteiger partial charge in [0.25, 0.3) is 0 Å². The van der Waals surface area contributed by atoms with E-state index >= 15 is 0 Å². The second-order valence-electron chi connectivity index (χ2n) is 6.48. The van der Waals surface area contributed by atoms with E-state index in [-0.39, 0.29) is 5.92 Å². The number of aromatic nitrogens is 1. The van der Waals surface area contributed by atoms with E-state index < -0.39 is 0 Å². The Balaban J connectivity index is 1.39. The van der Waals surface area contributed by atoms with Gasteiger partial charge in [0.15, 0.2) is 5.13 Å². The number of para-hydroxylation sites is 1. The minimum absolute atomic E-state index is 0.144. The Labute approximate surface area is 140 Å². The monoisotopic (exact) mass is 330 g/mol. The van der Waals surface area contributed by atoms with E-state index in [0.717, 1.165) is 49.9 Å². The SMILES string of the molecule is CC(C(=O)N1CCN(c2nc3ccccc3s2)CC1)C1CNC1. The van der Waals surface area contributed by atoms with Crippen molar-refractivity contribution in [3.8, 4) is 0 Å². The molecule has 1 N–H and O–H groups in total. The van der Waals surface area contributed by atoms with Gasteiger partial charge in [-0.15, -0.1) is 0 Å². The van der Waals surface area contributed by atoms with Crippen molar-refractivity contribution in [1.29, 1.82) is 0 Å². The van der Waals surface area contributed by atoms with E-state index in [1.807, 2.05) is 11.0 Å². The Morgan fingerprint density at radius 2 is 2.00 bits per heavy atom. The number of hydrogen-bond donors (Lipinski definition) is 1. The molecule has 0 radical (unpaired) electrons. The summed E-state index contributed by atoms with van der Waals surface area (Å²) >= 11 is 1.74. The van der Waals surface area contributed by atoms with Crippen molar-refractivity contribution in [3.63, 3.8) is 0 Å². The van der Waals surface area contributed by atoms with Gasteiger partial charge in [0, 0.05) is 32.1 Å². The molecule has 0 bridgehead atoms. The van der Waals surface area contributed by atoms with Crippen LogP contribution in [-0.4, -0.2) is 55.1 Å². The van der Waals surface area contributed by atoms with Gasteiger partial charge in [-0.1, -0.05) is 30.4 Å². The Kier molecular flexibility index (Phi) is 3.95. The van der Waals surface area contributed by atoms with Gasteiger partial charge in [0.2, 0.25) is 5.91 Å². The quantitative estimate of drug-likeness (QED) is 0.932. The fourth-order valence-electron chi connectivity index (χ4n) is 3.27. The van der Waals surface area contributed by atoms with Crippen molar-refractivity contribution < 1.29 is 4.79 Å². The molecule has 1 aromatic carbocycles. The van der Waals surface area contributed by atoms with Gasteiger partial charge in [-0.3, -0.25) is 4.79 Å². The maximum Gasteiger partial charge on any atom is 0.225 e. The zero-order valence-electron chi connectivity index (χ0n) is 13.4. The fourth-order valence-corrected chi connectivity index (χ4v) is 4.28. The summed E-state index contributed by atoms with van der Waals surface area (Å²) in [6.45, 7) is 7.41. The highest BCUT2D eigenvalue weighted by Crippen LogP contribution is 2.29. The van der Waals surface area contributed by atoms with Gasteiger partial charge in [0.1, 0.15) is 0 Å². The summed E-state index contributed by atoms with van der Waals surface area (Å²) in [5.74, 6) is 0.982. The Morgan fingerprint density at radius 3 is 2.65 bits per heavy atom. The largest absolute Gasteiger partial charge is 0.345 e. The number of anilines is 1. The average Bonchev–Trinajstić information content (AvgIpc) is 2.96. The van der Waals surface area contributed by atoms with Gasteiger partial charge in [-0.25, -0.2) is 4.98 Å². The Morgan fingerprint density at radius 1 is 1.26 bits per heavy atom. The topological polar surface area (TPSA) is 48.5 Å². The van der Waals surface area contributed by atoms with Crippen LogP contribution >= 0.6 is 11.3 Å². The van der Waals surface area contributed by atoms with Gasteiger partial charge in [0.05, 0.1) is 10.2 Å². The molecule has 5 nitrogen and oxygen atoms in total. The summed E-state index contributed by atoms with van der Waals surface area (Å²) in [5.41, 5.74) is 1.07. The van der Waals surface area contributed by atoms with Crippen LogP contribution in [-0.2, 0) is 4.79 Å². The third-order valence-corrected chi connectivity index (χ3v) is 6.15. The first-order valence-electron chi connectivity index (χ1n) is 8.32. The molecule has 122 valence electrons. The standard InChI is InChI=1S/C17H22N4OS/c1-12(13-10-18-11-13)16(22)20-6-8-21(9-7-20)17-19-14-4-2-3-5-15(14)23-17/h2-5,12-13,18H,6-11H2,1H3. The summed E-state index contributed by atoms with van der Waals surface area (Å²) in [5, 5.41) is 4.33. The molecule has 2 fully saturated rings. The molecule has 2 aliphatic heterocycles. The van der Waals surface area contributed by atoms with Gasteiger partial charge < -0.3 is 15.1 Å². The van der Waals surface area contributed by atoms with Crippen LogP contribution in [0.1, 0.15) is 6.92 Å². The lowest BCUT2D eigenvalue weighted by Crippen LogP contribution is -2.54. The number of nitrogens with zero attached hydrogens (tertiary/aromatic N) is 3. The fraction of sp³-hybridized carbons (Fsp3) is 0.529. The number of rotatable bonds is 3. The summed E-state index contributed by atoms with van der Waals surface area (Å²) in [4.78, 5) is 21.7. The van der Waals surface area contributed by atoms with Crippen molar-refractivity contribution in [2.45, 2.75) is 6.92 Å². The first-order valence-corrected chi connectivity index (χ1v) is 9.14. The summed E-state index contributed by atoms with van der Waals surface area (Å²) in [7, 11) is 0. The van der Waals surface area contributed by atoms with Crippen molar-refractivity contribution in [1.82, 2.24) is 15.2 Å². The van der Waals surface area contributed by atoms with Crippen LogP contribution in [0.15, 0.2) is 24.3 Å². The predicted molar refractivity (Wildman–Crippen MR) is 93.9 cm³/mol. The highest BCUT2D eigenvalue weighted by atomic mass is 32.1. The molecule has 4 rings (SSSR count). The van der Waals surface area contributed by atoms with E-state index in [4.69, 9.17) is 4.98 Å². The third-order valence-electron chi connectivity index (χ3n) is 5.05. The van der Waals surface area contributed by atoms with Crippen LogP contribution in [0.3, 0.4) is 0 Å². The van der Waals surface area contributed by atoms with Crippen molar-refractivity contribution in [2.75, 3.05) is 44.2 Å². The molecule has 0 aliphatic carbocycles. The maximum absolute atomic E-state index is 12.6. The summed E-state index contributed by atoms with van der Waals surface area (Å²) in [6, 6.07) is 8.25. The molecular formula is C17H22N4OS. The van der Waals surface area contributed by atoms with Gasteiger partial charge >= 0.3 is 0 Å². The molecule has 1 atom stereocenters. The second kappa shape index (κ2) is 6.09. The molecular weight excluding hydrogens is 308 g/mol. The number of nitrogens with one attached hydrogen (secondary N) is 1. The number of carbonyl (C=O) groups is 1. The number of piperazine rings is 1. The van der Waals surface area contributed by atoms with Gasteiger partial charge in [-0.05, 0) is 31.1 Å². The molecule has 1 aromatic heterocycles. The number of benzene rings is 1. The number of amides is 1. The molecule has 0 spiro atoms. The Hall–Kier alpha value is -1.66. The molecule has 6 heteroatoms. The smallest absolute Gasteiger partial charge is 0.225 e. The summed E-state index contributed by atoms with van der Waals surface area (Å²) < 4.78 is 1.23. The number of thiazole rings is 1. The molecule has 3 heterocycles. The zero-order valence-corrected chi connectivity index (χ0v) is 14.2. The molecule has 0 saturated carbocycles. The van der Waals surface area contributed by atoms with Crippen LogP contribution in [0.25, 0.3) is 10.2 Å². The maximum atomic E-state index is 12.6. The minimum Gasteiger partial charge on any atom is -0.345 e. The molecule has 2 saturated heterocycles. The normalized spacial score (nSPS) is 20.6. The van der Waals surface area contributed by atoms with E-state index in [1.54, 1.807) is 11.3 Å². The van der Waals surface area contributed by atoms with E-state index in [2.05, 4.69) is 35.3 Å². The van der Waals surface area contributed by atoms with Crippen molar-refractivity contribution in [3.05, 3.63) is 24.3 Å². The lowest BCUT2D eigenvalue weighted by molar-refractivity contribution is -0.137. The number of carbonyl (C=O) groups excluding carboxylic acids is 1. The van der Waals surface area contributed by atoms with Crippen LogP contribution in [0, 0.1) is 11.8 Å². The lowest BCUT2D eigenvalue weighted by atomic mass is 9.88. The lowest BCUT2D eigenvalue weighted by Gasteiger charge is -2.39. The van der Waals surface area contributed by atoms with Gasteiger partial charge in [-0.2, -0.15) is 0 Å².